The van der Waals surface area contributed by atoms with Gasteiger partial charge in [-0.1, -0.05) is 0 Å². The highest BCUT2D eigenvalue weighted by atomic mass is 32.1. The maximum Gasteiger partial charge on any atom is 0.325 e. The van der Waals surface area contributed by atoms with E-state index in [1.54, 1.807) is 0 Å². The van der Waals surface area contributed by atoms with Crippen LogP contribution in [-0.4, -0.2) is 81.0 Å². The smallest absolute Gasteiger partial charge is 0.325 e. The quantitative estimate of drug-likeness (QED) is 0.160. The molecule has 5 unspecified atom stereocenters. The van der Waals surface area contributed by atoms with Crippen molar-refractivity contribution >= 4 is 42.3 Å². The van der Waals surface area contributed by atoms with Crippen LogP contribution in [0.1, 0.15) is 20.3 Å². The first-order chi connectivity index (χ1) is 12.4. The van der Waals surface area contributed by atoms with Crippen molar-refractivity contribution in [3.63, 3.8) is 0 Å². The summed E-state index contributed by atoms with van der Waals surface area (Å²) >= 11 is 3.90. The van der Waals surface area contributed by atoms with E-state index in [-0.39, 0.29) is 5.75 Å². The van der Waals surface area contributed by atoms with Crippen LogP contribution in [0.5, 0.6) is 0 Å². The molecule has 0 fully saturated rings. The molecule has 0 aromatic rings. The maximum atomic E-state index is 12.3. The van der Waals surface area contributed by atoms with Crippen LogP contribution in [-0.2, 0) is 24.0 Å². The van der Waals surface area contributed by atoms with Crippen molar-refractivity contribution in [1.82, 2.24) is 16.0 Å². The molecule has 8 N–H and O–H groups in total. The van der Waals surface area contributed by atoms with Crippen LogP contribution in [0.25, 0.3) is 0 Å². The fourth-order valence-electron chi connectivity index (χ4n) is 1.78. The second-order valence-electron chi connectivity index (χ2n) is 5.74. The maximum absolute atomic E-state index is 12.3. The Labute approximate surface area is 160 Å². The molecule has 0 rings (SSSR count). The molecular weight excluding hydrogens is 384 g/mol. The van der Waals surface area contributed by atoms with E-state index < -0.39 is 66.4 Å². The van der Waals surface area contributed by atoms with Crippen LogP contribution in [0, 0.1) is 0 Å². The lowest BCUT2D eigenvalue weighted by Crippen LogP contribution is -2.60. The lowest BCUT2D eigenvalue weighted by molar-refractivity contribution is -0.142. The zero-order chi connectivity index (χ0) is 21.3. The lowest BCUT2D eigenvalue weighted by Gasteiger charge is -2.25. The van der Waals surface area contributed by atoms with E-state index >= 15 is 0 Å². The topological polar surface area (TPSA) is 208 Å². The number of rotatable bonds is 11. The van der Waals surface area contributed by atoms with E-state index in [1.165, 1.54) is 13.8 Å². The summed E-state index contributed by atoms with van der Waals surface area (Å²) in [6.45, 7) is 2.40. The molecule has 0 aliphatic rings. The number of aliphatic carboxylic acids is 2. The molecule has 5 atom stereocenters. The molecule has 0 heterocycles. The molecule has 13 heteroatoms. The molecule has 0 aliphatic heterocycles. The third-order valence-electron chi connectivity index (χ3n) is 3.34. The molecule has 0 radical (unpaired) electrons. The first-order valence-corrected chi connectivity index (χ1v) is 8.44. The number of thiol groups is 1. The van der Waals surface area contributed by atoms with Gasteiger partial charge in [-0.3, -0.25) is 24.0 Å². The Morgan fingerprint density at radius 1 is 0.963 bits per heavy atom. The molecule has 0 spiro atoms. The van der Waals surface area contributed by atoms with Crippen LogP contribution in [0.3, 0.4) is 0 Å². The molecule has 12 nitrogen and oxygen atoms in total. The van der Waals surface area contributed by atoms with Crippen LogP contribution >= 0.6 is 12.6 Å². The summed E-state index contributed by atoms with van der Waals surface area (Å²) in [6.07, 6.45) is -2.03. The molecule has 0 saturated heterocycles. The predicted octanol–water partition coefficient (Wildman–Crippen LogP) is -3.34. The van der Waals surface area contributed by atoms with Gasteiger partial charge >= 0.3 is 11.9 Å². The number of carbonyl (C=O) groups excluding carboxylic acids is 3. The van der Waals surface area contributed by atoms with E-state index in [9.17, 15) is 29.1 Å². The monoisotopic (exact) mass is 408 g/mol. The van der Waals surface area contributed by atoms with Gasteiger partial charge in [-0.05, 0) is 13.8 Å². The molecule has 0 aliphatic carbocycles. The van der Waals surface area contributed by atoms with Gasteiger partial charge < -0.3 is 37.0 Å². The number of amides is 3. The Bertz CT molecular complexity index is 585. The average Bonchev–Trinajstić information content (AvgIpc) is 2.55. The van der Waals surface area contributed by atoms with E-state index in [4.69, 9.17) is 15.9 Å². The number of aliphatic hydroxyl groups excluding tert-OH is 1. The molecule has 0 bridgehead atoms. The number of carboxylic acids is 2. The highest BCUT2D eigenvalue weighted by Crippen LogP contribution is 1.99. The van der Waals surface area contributed by atoms with Crippen molar-refractivity contribution in [3.05, 3.63) is 0 Å². The number of hydrogen-bond acceptors (Lipinski definition) is 8. The summed E-state index contributed by atoms with van der Waals surface area (Å²) in [4.78, 5) is 57.5. The fourth-order valence-corrected chi connectivity index (χ4v) is 2.03. The number of carboxylic acid groups (broad SMARTS) is 2. The van der Waals surface area contributed by atoms with E-state index in [1.807, 2.05) is 0 Å². The molecule has 3 amide bonds. The van der Waals surface area contributed by atoms with E-state index in [2.05, 4.69) is 28.6 Å². The third-order valence-corrected chi connectivity index (χ3v) is 3.70. The number of nitrogens with two attached hydrogens (primary N) is 1. The molecule has 154 valence electrons. The number of nitrogens with one attached hydrogen (secondary N) is 3. The van der Waals surface area contributed by atoms with Gasteiger partial charge in [-0.2, -0.15) is 12.6 Å². The summed E-state index contributed by atoms with van der Waals surface area (Å²) in [7, 11) is 0. The number of aliphatic hydroxyl groups is 1. The van der Waals surface area contributed by atoms with Crippen LogP contribution in [0.4, 0.5) is 0 Å². The highest BCUT2D eigenvalue weighted by molar-refractivity contribution is 7.80. The molecule has 27 heavy (non-hydrogen) atoms. The van der Waals surface area contributed by atoms with Gasteiger partial charge in [0, 0.05) is 5.75 Å². The SMILES string of the molecule is CC(NC(=O)C(NC(=O)C(CS)NC(=O)C(N)CC(=O)O)C(C)O)C(=O)O. The minimum atomic E-state index is -1.49. The van der Waals surface area contributed by atoms with Crippen molar-refractivity contribution in [2.75, 3.05) is 5.75 Å². The largest absolute Gasteiger partial charge is 0.481 e. The van der Waals surface area contributed by atoms with Crippen LogP contribution in [0.2, 0.25) is 0 Å². The van der Waals surface area contributed by atoms with Gasteiger partial charge in [-0.15, -0.1) is 0 Å². The van der Waals surface area contributed by atoms with Crippen molar-refractivity contribution in [2.45, 2.75) is 50.5 Å². The van der Waals surface area contributed by atoms with Gasteiger partial charge in [0.2, 0.25) is 17.7 Å². The van der Waals surface area contributed by atoms with E-state index in [0.29, 0.717) is 0 Å². The van der Waals surface area contributed by atoms with Crippen LogP contribution < -0.4 is 21.7 Å². The van der Waals surface area contributed by atoms with Crippen LogP contribution in [0.15, 0.2) is 0 Å². The average molecular weight is 408 g/mol. The molecule has 0 saturated carbocycles. The van der Waals surface area contributed by atoms with E-state index in [0.717, 1.165) is 0 Å². The van der Waals surface area contributed by atoms with Crippen molar-refractivity contribution in [3.8, 4) is 0 Å². The zero-order valence-electron chi connectivity index (χ0n) is 14.7. The van der Waals surface area contributed by atoms with Gasteiger partial charge in [-0.25, -0.2) is 0 Å². The highest BCUT2D eigenvalue weighted by Gasteiger charge is 2.31. The fraction of sp³-hybridized carbons (Fsp3) is 0.643. The third kappa shape index (κ3) is 8.70. The van der Waals surface area contributed by atoms with Crippen molar-refractivity contribution in [2.24, 2.45) is 5.73 Å². The molecule has 0 aromatic carbocycles. The first kappa shape index (κ1) is 24.6. The minimum Gasteiger partial charge on any atom is -0.481 e. The Hall–Kier alpha value is -2.38. The first-order valence-electron chi connectivity index (χ1n) is 7.80. The summed E-state index contributed by atoms with van der Waals surface area (Å²) < 4.78 is 0. The minimum absolute atomic E-state index is 0.211. The van der Waals surface area contributed by atoms with Gasteiger partial charge in [0.25, 0.3) is 0 Å². The summed E-state index contributed by atoms with van der Waals surface area (Å²) in [5.74, 6) is -5.58. The van der Waals surface area contributed by atoms with Crippen molar-refractivity contribution < 1.29 is 39.3 Å². The Morgan fingerprint density at radius 2 is 1.52 bits per heavy atom. The Morgan fingerprint density at radius 3 is 1.93 bits per heavy atom. The summed E-state index contributed by atoms with van der Waals surface area (Å²) in [5, 5.41) is 33.6. The normalized spacial score (nSPS) is 16.2. The molecule has 0 aromatic heterocycles. The summed E-state index contributed by atoms with van der Waals surface area (Å²) in [5.41, 5.74) is 5.39. The lowest BCUT2D eigenvalue weighted by atomic mass is 10.1. The number of hydrogen-bond donors (Lipinski definition) is 8. The van der Waals surface area contributed by atoms with Gasteiger partial charge in [0.05, 0.1) is 18.6 Å². The second-order valence-corrected chi connectivity index (χ2v) is 6.11. The van der Waals surface area contributed by atoms with Gasteiger partial charge in [0.15, 0.2) is 0 Å². The number of carbonyl (C=O) groups is 5. The Kier molecular flexibility index (Phi) is 10.4. The van der Waals surface area contributed by atoms with Crippen molar-refractivity contribution in [1.29, 1.82) is 0 Å². The zero-order valence-corrected chi connectivity index (χ0v) is 15.6. The summed E-state index contributed by atoms with van der Waals surface area (Å²) in [6, 6.07) is -5.42. The van der Waals surface area contributed by atoms with Gasteiger partial charge in [0.1, 0.15) is 18.1 Å². The Balaban J connectivity index is 5.02. The predicted molar refractivity (Wildman–Crippen MR) is 94.9 cm³/mol. The molecular formula is C14H24N4O8S. The second kappa shape index (κ2) is 11.4. The standard InChI is InChI=1S/C14H24N4O8S/c1-5(14(25)26)16-13(24)10(6(2)19)18-12(23)8(4-27)17-11(22)7(15)3-9(20)21/h5-8,10,19,27H,3-4,15H2,1-2H3,(H,16,24)(H,17,22)(H,18,23)(H,20,21)(H,25,26).